The van der Waals surface area contributed by atoms with Crippen LogP contribution in [0.1, 0.15) is 24.3 Å². The molecule has 0 atom stereocenters. The van der Waals surface area contributed by atoms with Crippen LogP contribution in [0.15, 0.2) is 30.9 Å². The number of amides is 1. The third-order valence-corrected chi connectivity index (χ3v) is 7.13. The Kier molecular flexibility index (Phi) is 3.39. The topological polar surface area (TPSA) is 20.3 Å². The van der Waals surface area contributed by atoms with Gasteiger partial charge in [0.05, 0.1) is 16.1 Å². The fourth-order valence-corrected chi connectivity index (χ4v) is 6.10. The molecule has 2 nitrogen and oxygen atoms in total. The smallest absolute Gasteiger partial charge is 0.251 e. The molecule has 21 heavy (non-hydrogen) atoms. The molecular weight excluding hydrogens is 318 g/mol. The number of fused-ring (bicyclic) bond motifs is 3. The summed E-state index contributed by atoms with van der Waals surface area (Å²) in [5.74, 6) is -0.0816. The summed E-state index contributed by atoms with van der Waals surface area (Å²) in [4.78, 5) is 15.5. The molecule has 2 heterocycles. The van der Waals surface area contributed by atoms with E-state index >= 15 is 0 Å². The molecule has 2 aromatic rings. The molecule has 0 aliphatic carbocycles. The van der Waals surface area contributed by atoms with Crippen LogP contribution in [-0.4, -0.2) is 5.91 Å². The van der Waals surface area contributed by atoms with Gasteiger partial charge in [0.15, 0.2) is 0 Å². The third-order valence-electron chi connectivity index (χ3n) is 3.81. The van der Waals surface area contributed by atoms with Gasteiger partial charge in [-0.05, 0) is 38.5 Å². The van der Waals surface area contributed by atoms with Crippen molar-refractivity contribution in [3.05, 3.63) is 45.1 Å². The van der Waals surface area contributed by atoms with E-state index in [-0.39, 0.29) is 5.91 Å². The number of anilines is 1. The normalized spacial score (nSPS) is 15.3. The van der Waals surface area contributed by atoms with Crippen LogP contribution in [0.4, 0.5) is 5.69 Å². The van der Waals surface area contributed by atoms with Gasteiger partial charge >= 0.3 is 0 Å². The first-order valence-electron chi connectivity index (χ1n) is 6.59. The first-order valence-corrected chi connectivity index (χ1v) is 9.15. The number of carbonyl (C=O) groups is 1. The molecule has 1 aromatic carbocycles. The van der Waals surface area contributed by atoms with E-state index in [1.165, 1.54) is 6.08 Å². The maximum atomic E-state index is 12.5. The maximum Gasteiger partial charge on any atom is 0.251 e. The van der Waals surface area contributed by atoms with E-state index in [0.29, 0.717) is 0 Å². The highest BCUT2D eigenvalue weighted by molar-refractivity contribution is 7.80. The Balaban J connectivity index is 2.42. The summed E-state index contributed by atoms with van der Waals surface area (Å²) in [5.41, 5.74) is 3.80. The van der Waals surface area contributed by atoms with E-state index in [2.05, 4.69) is 38.6 Å². The maximum absolute atomic E-state index is 12.5. The number of carbonyl (C=O) groups excluding carboxylic acids is 1. The molecule has 0 N–H and O–H groups in total. The summed E-state index contributed by atoms with van der Waals surface area (Å²) in [6.07, 6.45) is 1.38. The second kappa shape index (κ2) is 4.87. The summed E-state index contributed by atoms with van der Waals surface area (Å²) in [6, 6.07) is 6.19. The average Bonchev–Trinajstić information content (AvgIpc) is 2.81. The summed E-state index contributed by atoms with van der Waals surface area (Å²) >= 11 is 5.52. The van der Waals surface area contributed by atoms with E-state index in [4.69, 9.17) is 12.2 Å². The molecule has 0 radical (unpaired) electrons. The number of hydrogen-bond acceptors (Lipinski definition) is 4. The molecule has 1 aliphatic heterocycles. The van der Waals surface area contributed by atoms with Gasteiger partial charge in [-0.1, -0.05) is 51.6 Å². The Morgan fingerprint density at radius 2 is 2.10 bits per heavy atom. The molecule has 0 fully saturated rings. The van der Waals surface area contributed by atoms with Crippen molar-refractivity contribution in [2.75, 3.05) is 4.90 Å². The van der Waals surface area contributed by atoms with E-state index < -0.39 is 5.54 Å². The summed E-state index contributed by atoms with van der Waals surface area (Å²) in [6.45, 7) is 9.82. The Labute approximate surface area is 136 Å². The van der Waals surface area contributed by atoms with Gasteiger partial charge in [-0.3, -0.25) is 9.69 Å². The zero-order chi connectivity index (χ0) is 15.4. The molecule has 0 saturated heterocycles. The van der Waals surface area contributed by atoms with Crippen molar-refractivity contribution in [1.29, 1.82) is 0 Å². The fourth-order valence-electron chi connectivity index (χ4n) is 2.82. The fraction of sp³-hybridized carbons (Fsp3) is 0.250. The van der Waals surface area contributed by atoms with Crippen molar-refractivity contribution in [1.82, 2.24) is 0 Å². The molecule has 108 valence electrons. The lowest BCUT2D eigenvalue weighted by atomic mass is 9.87. The van der Waals surface area contributed by atoms with Crippen LogP contribution in [0.3, 0.4) is 0 Å². The SMILES string of the molecule is C=CC(=O)N1c2cc(C)ccc2-c2c(ssc2=S)C1(C)C. The highest BCUT2D eigenvalue weighted by atomic mass is 32.9. The zero-order valence-corrected chi connectivity index (χ0v) is 14.5. The van der Waals surface area contributed by atoms with Crippen LogP contribution in [0.2, 0.25) is 0 Å². The molecule has 1 aliphatic rings. The van der Waals surface area contributed by atoms with Crippen molar-refractivity contribution in [3.8, 4) is 11.1 Å². The van der Waals surface area contributed by atoms with Crippen molar-refractivity contribution in [2.24, 2.45) is 0 Å². The van der Waals surface area contributed by atoms with Gasteiger partial charge in [-0.15, -0.1) is 0 Å². The van der Waals surface area contributed by atoms with E-state index in [9.17, 15) is 4.79 Å². The highest BCUT2D eigenvalue weighted by Gasteiger charge is 2.42. The quantitative estimate of drug-likeness (QED) is 0.402. The minimum Gasteiger partial charge on any atom is -0.298 e. The van der Waals surface area contributed by atoms with E-state index in [1.807, 2.05) is 11.8 Å². The van der Waals surface area contributed by atoms with Crippen molar-refractivity contribution in [2.45, 2.75) is 26.3 Å². The molecule has 5 heteroatoms. The zero-order valence-electron chi connectivity index (χ0n) is 12.1. The molecule has 0 spiro atoms. The van der Waals surface area contributed by atoms with Gasteiger partial charge in [0.2, 0.25) is 0 Å². The first kappa shape index (κ1) is 14.6. The van der Waals surface area contributed by atoms with Gasteiger partial charge in [-0.2, -0.15) is 0 Å². The Morgan fingerprint density at radius 1 is 1.38 bits per heavy atom. The van der Waals surface area contributed by atoms with Crippen LogP contribution in [0.25, 0.3) is 11.1 Å². The molecule has 3 rings (SSSR count). The van der Waals surface area contributed by atoms with Gasteiger partial charge in [0, 0.05) is 11.1 Å². The van der Waals surface area contributed by atoms with Crippen LogP contribution in [0.5, 0.6) is 0 Å². The number of aryl methyl sites for hydroxylation is 1. The standard InChI is InChI=1S/C16H15NOS3/c1-5-12(18)17-11-8-9(2)6-7-10(11)13-14(16(17,3)4)20-21-15(13)19/h5-8H,1H2,2-4H3. The lowest BCUT2D eigenvalue weighted by Crippen LogP contribution is -2.47. The third kappa shape index (κ3) is 2.03. The molecule has 0 saturated carbocycles. The number of rotatable bonds is 1. The predicted octanol–water partition coefficient (Wildman–Crippen LogP) is 5.28. The first-order chi connectivity index (χ1) is 9.87. The van der Waals surface area contributed by atoms with Gasteiger partial charge in [0.25, 0.3) is 5.91 Å². The van der Waals surface area contributed by atoms with Crippen LogP contribution in [-0.2, 0) is 10.3 Å². The minimum absolute atomic E-state index is 0.0816. The Hall–Kier alpha value is -1.30. The van der Waals surface area contributed by atoms with Crippen molar-refractivity contribution in [3.63, 3.8) is 0 Å². The molecular formula is C16H15NOS3. The summed E-state index contributed by atoms with van der Waals surface area (Å²) < 4.78 is 0.902. The predicted molar refractivity (Wildman–Crippen MR) is 93.9 cm³/mol. The number of nitrogens with zero attached hydrogens (tertiary/aromatic N) is 1. The molecule has 1 aromatic heterocycles. The molecule has 0 unspecified atom stereocenters. The van der Waals surface area contributed by atoms with Crippen LogP contribution < -0.4 is 4.90 Å². The second-order valence-electron chi connectivity index (χ2n) is 5.62. The summed E-state index contributed by atoms with van der Waals surface area (Å²) in [7, 11) is 3.27. The Bertz CT molecular complexity index is 813. The molecule has 1 amide bonds. The summed E-state index contributed by atoms with van der Waals surface area (Å²) in [5, 5.41) is 0. The largest absolute Gasteiger partial charge is 0.298 e. The lowest BCUT2D eigenvalue weighted by molar-refractivity contribution is -0.115. The van der Waals surface area contributed by atoms with E-state index in [1.54, 1.807) is 20.7 Å². The highest BCUT2D eigenvalue weighted by Crippen LogP contribution is 2.52. The minimum atomic E-state index is -0.417. The lowest BCUT2D eigenvalue weighted by Gasteiger charge is -2.42. The Morgan fingerprint density at radius 3 is 2.76 bits per heavy atom. The van der Waals surface area contributed by atoms with Crippen molar-refractivity contribution < 1.29 is 4.79 Å². The van der Waals surface area contributed by atoms with Gasteiger partial charge in [0.1, 0.15) is 3.82 Å². The second-order valence-corrected chi connectivity index (χ2v) is 8.43. The monoisotopic (exact) mass is 333 g/mol. The van der Waals surface area contributed by atoms with Gasteiger partial charge < -0.3 is 0 Å². The number of hydrogen-bond donors (Lipinski definition) is 0. The van der Waals surface area contributed by atoms with Crippen LogP contribution in [0, 0.1) is 10.7 Å². The molecule has 0 bridgehead atoms. The van der Waals surface area contributed by atoms with Crippen LogP contribution >= 0.6 is 32.9 Å². The number of benzene rings is 1. The average molecular weight is 334 g/mol. The van der Waals surface area contributed by atoms with Gasteiger partial charge in [-0.25, -0.2) is 0 Å². The van der Waals surface area contributed by atoms with E-state index in [0.717, 1.165) is 31.1 Å². The van der Waals surface area contributed by atoms with Crippen molar-refractivity contribution >= 4 is 44.5 Å².